The highest BCUT2D eigenvalue weighted by molar-refractivity contribution is 7.89. The summed E-state index contributed by atoms with van der Waals surface area (Å²) >= 11 is 0. The molecule has 0 spiro atoms. The molecule has 0 radical (unpaired) electrons. The first kappa shape index (κ1) is 22.4. The molecule has 0 bridgehead atoms. The Kier molecular flexibility index (Phi) is 10.2. The van der Waals surface area contributed by atoms with Crippen molar-refractivity contribution in [3.63, 3.8) is 0 Å². The van der Waals surface area contributed by atoms with Crippen molar-refractivity contribution in [2.24, 2.45) is 0 Å². The molecule has 0 saturated heterocycles. The highest BCUT2D eigenvalue weighted by Gasteiger charge is 2.14. The summed E-state index contributed by atoms with van der Waals surface area (Å²) < 4.78 is 34.9. The van der Waals surface area contributed by atoms with Gasteiger partial charge in [-0.2, -0.15) is 0 Å². The number of carbonyl (C=O) groups excluding carboxylic acids is 1. The summed E-state index contributed by atoms with van der Waals surface area (Å²) in [6, 6.07) is 7.06. The Bertz CT molecular complexity index is 652. The smallest absolute Gasteiger partial charge is 0.319 e. The molecule has 26 heavy (non-hydrogen) atoms. The van der Waals surface area contributed by atoms with Crippen molar-refractivity contribution in [3.05, 3.63) is 29.8 Å². The van der Waals surface area contributed by atoms with Crippen molar-refractivity contribution in [2.75, 3.05) is 51.5 Å². The molecule has 9 heteroatoms. The molecule has 2 N–H and O–H groups in total. The van der Waals surface area contributed by atoms with Crippen LogP contribution in [0.25, 0.3) is 0 Å². The van der Waals surface area contributed by atoms with Gasteiger partial charge in [-0.15, -0.1) is 0 Å². The van der Waals surface area contributed by atoms with Gasteiger partial charge in [0.25, 0.3) is 0 Å². The number of amides is 2. The van der Waals surface area contributed by atoms with Crippen LogP contribution in [0.1, 0.15) is 18.9 Å². The zero-order chi connectivity index (χ0) is 19.4. The van der Waals surface area contributed by atoms with Crippen LogP contribution in [0.5, 0.6) is 0 Å². The number of ether oxygens (including phenoxy) is 2. The summed E-state index contributed by atoms with van der Waals surface area (Å²) in [5, 5.41) is 5.47. The second-order valence-corrected chi connectivity index (χ2v) is 8.07. The summed E-state index contributed by atoms with van der Waals surface area (Å²) in [4.78, 5) is 11.9. The number of carbonyl (C=O) groups is 1. The number of hydrogen-bond acceptors (Lipinski definition) is 5. The third kappa shape index (κ3) is 8.61. The van der Waals surface area contributed by atoms with E-state index < -0.39 is 10.0 Å². The Balaban J connectivity index is 2.32. The summed E-state index contributed by atoms with van der Waals surface area (Å²) in [5.41, 5.74) is 1.62. The zero-order valence-electron chi connectivity index (χ0n) is 15.7. The van der Waals surface area contributed by atoms with Crippen LogP contribution in [0, 0.1) is 0 Å². The van der Waals surface area contributed by atoms with Crippen molar-refractivity contribution in [3.8, 4) is 0 Å². The number of nitrogens with zero attached hydrogens (tertiary/aromatic N) is 1. The third-order valence-electron chi connectivity index (χ3n) is 3.66. The Hall–Kier alpha value is -1.68. The topological polar surface area (TPSA) is 97.0 Å². The SMILES string of the molecule is CCS(=O)(=O)N(C)CCCNC(=O)Nc1cccc(COCCOC)c1. The van der Waals surface area contributed by atoms with E-state index in [9.17, 15) is 13.2 Å². The highest BCUT2D eigenvalue weighted by Crippen LogP contribution is 2.11. The van der Waals surface area contributed by atoms with Crippen LogP contribution in [-0.2, 0) is 26.1 Å². The maximum atomic E-state index is 11.9. The van der Waals surface area contributed by atoms with Gasteiger partial charge in [0.05, 0.1) is 25.6 Å². The molecular formula is C17H29N3O5S. The van der Waals surface area contributed by atoms with E-state index in [1.807, 2.05) is 18.2 Å². The van der Waals surface area contributed by atoms with Gasteiger partial charge in [0.15, 0.2) is 0 Å². The first-order chi connectivity index (χ1) is 12.4. The Morgan fingerprint density at radius 2 is 2.04 bits per heavy atom. The number of urea groups is 1. The van der Waals surface area contributed by atoms with Gasteiger partial charge in [-0.25, -0.2) is 17.5 Å². The molecule has 0 aliphatic heterocycles. The van der Waals surface area contributed by atoms with Crippen molar-refractivity contribution < 1.29 is 22.7 Å². The van der Waals surface area contributed by atoms with Gasteiger partial charge in [-0.3, -0.25) is 0 Å². The second-order valence-electron chi connectivity index (χ2n) is 5.70. The average molecular weight is 388 g/mol. The third-order valence-corrected chi connectivity index (χ3v) is 5.52. The van der Waals surface area contributed by atoms with Gasteiger partial charge in [0.2, 0.25) is 10.0 Å². The predicted octanol–water partition coefficient (Wildman–Crippen LogP) is 1.64. The number of nitrogens with one attached hydrogen (secondary N) is 2. The zero-order valence-corrected chi connectivity index (χ0v) is 16.5. The van der Waals surface area contributed by atoms with Gasteiger partial charge < -0.3 is 20.1 Å². The Morgan fingerprint density at radius 3 is 2.73 bits per heavy atom. The fourth-order valence-corrected chi connectivity index (χ4v) is 2.96. The molecule has 0 aliphatic carbocycles. The van der Waals surface area contributed by atoms with E-state index >= 15 is 0 Å². The molecule has 0 fully saturated rings. The van der Waals surface area contributed by atoms with Gasteiger partial charge in [0.1, 0.15) is 0 Å². The van der Waals surface area contributed by atoms with Crippen molar-refractivity contribution in [1.29, 1.82) is 0 Å². The lowest BCUT2D eigenvalue weighted by atomic mass is 10.2. The van der Waals surface area contributed by atoms with E-state index in [0.29, 0.717) is 45.0 Å². The largest absolute Gasteiger partial charge is 0.382 e. The summed E-state index contributed by atoms with van der Waals surface area (Å²) in [7, 11) is -0.0193. The molecule has 0 unspecified atom stereocenters. The number of benzene rings is 1. The van der Waals surface area contributed by atoms with Crippen molar-refractivity contribution >= 4 is 21.7 Å². The monoisotopic (exact) mass is 387 g/mol. The van der Waals surface area contributed by atoms with Crippen LogP contribution in [0.4, 0.5) is 10.5 Å². The minimum absolute atomic E-state index is 0.0724. The maximum absolute atomic E-state index is 11.9. The van der Waals surface area contributed by atoms with E-state index in [1.165, 1.54) is 4.31 Å². The van der Waals surface area contributed by atoms with E-state index in [0.717, 1.165) is 5.56 Å². The van der Waals surface area contributed by atoms with Crippen LogP contribution < -0.4 is 10.6 Å². The molecule has 8 nitrogen and oxygen atoms in total. The molecule has 148 valence electrons. The van der Waals surface area contributed by atoms with E-state index in [2.05, 4.69) is 10.6 Å². The maximum Gasteiger partial charge on any atom is 0.319 e. The second kappa shape index (κ2) is 11.8. The summed E-state index contributed by atoms with van der Waals surface area (Å²) in [6.45, 7) is 3.85. The number of methoxy groups -OCH3 is 1. The summed E-state index contributed by atoms with van der Waals surface area (Å²) in [6.07, 6.45) is 0.538. The van der Waals surface area contributed by atoms with Gasteiger partial charge in [0, 0.05) is 32.9 Å². The van der Waals surface area contributed by atoms with Crippen molar-refractivity contribution in [2.45, 2.75) is 20.0 Å². The first-order valence-corrected chi connectivity index (χ1v) is 10.1. The fourth-order valence-electron chi connectivity index (χ4n) is 2.11. The molecule has 0 saturated carbocycles. The average Bonchev–Trinajstić information content (AvgIpc) is 2.62. The molecule has 0 heterocycles. The molecule has 1 rings (SSSR count). The van der Waals surface area contributed by atoms with Crippen LogP contribution in [0.3, 0.4) is 0 Å². The van der Waals surface area contributed by atoms with Gasteiger partial charge >= 0.3 is 6.03 Å². The van der Waals surface area contributed by atoms with Crippen LogP contribution in [-0.4, -0.2) is 65.0 Å². The standard InChI is InChI=1S/C17H29N3O5S/c1-4-26(22,23)20(2)10-6-9-18-17(21)19-16-8-5-7-15(13-16)14-25-12-11-24-3/h5,7-8,13H,4,6,9-12,14H2,1-3H3,(H2,18,19,21). The lowest BCUT2D eigenvalue weighted by Gasteiger charge is -2.16. The van der Waals surface area contributed by atoms with Crippen molar-refractivity contribution in [1.82, 2.24) is 9.62 Å². The number of sulfonamides is 1. The van der Waals surface area contributed by atoms with Crippen LogP contribution >= 0.6 is 0 Å². The Morgan fingerprint density at radius 1 is 1.27 bits per heavy atom. The normalized spacial score (nSPS) is 11.5. The molecule has 1 aromatic carbocycles. The summed E-state index contributed by atoms with van der Waals surface area (Å²) in [5.74, 6) is 0.0724. The van der Waals surface area contributed by atoms with E-state index in [-0.39, 0.29) is 11.8 Å². The number of rotatable bonds is 12. The van der Waals surface area contributed by atoms with Crippen LogP contribution in [0.15, 0.2) is 24.3 Å². The molecule has 1 aromatic rings. The first-order valence-electron chi connectivity index (χ1n) is 8.53. The van der Waals surface area contributed by atoms with Crippen LogP contribution in [0.2, 0.25) is 0 Å². The van der Waals surface area contributed by atoms with Gasteiger partial charge in [-0.1, -0.05) is 12.1 Å². The molecule has 0 aliphatic rings. The minimum atomic E-state index is -3.18. The number of anilines is 1. The molecule has 0 aromatic heterocycles. The Labute approximate surface area is 155 Å². The molecule has 2 amide bonds. The molecular weight excluding hydrogens is 358 g/mol. The quantitative estimate of drug-likeness (QED) is 0.532. The lowest BCUT2D eigenvalue weighted by molar-refractivity contribution is 0.0617. The minimum Gasteiger partial charge on any atom is -0.382 e. The lowest BCUT2D eigenvalue weighted by Crippen LogP contribution is -2.34. The number of hydrogen-bond donors (Lipinski definition) is 2. The van der Waals surface area contributed by atoms with E-state index in [4.69, 9.17) is 9.47 Å². The predicted molar refractivity (Wildman–Crippen MR) is 102 cm³/mol. The molecule has 0 atom stereocenters. The fraction of sp³-hybridized carbons (Fsp3) is 0.588. The van der Waals surface area contributed by atoms with E-state index in [1.54, 1.807) is 27.1 Å². The highest BCUT2D eigenvalue weighted by atomic mass is 32.2. The van der Waals surface area contributed by atoms with Gasteiger partial charge in [-0.05, 0) is 31.0 Å².